The van der Waals surface area contributed by atoms with Crippen molar-refractivity contribution in [3.63, 3.8) is 0 Å². The van der Waals surface area contributed by atoms with Crippen LogP contribution in [0.1, 0.15) is 66.1 Å². The smallest absolute Gasteiger partial charge is 0.406 e. The van der Waals surface area contributed by atoms with Crippen LogP contribution in [0.3, 0.4) is 0 Å². The maximum Gasteiger partial charge on any atom is 0.406 e. The molecule has 3 N–H and O–H groups in total. The predicted molar refractivity (Wildman–Crippen MR) is 142 cm³/mol. The Bertz CT molecular complexity index is 1030. The van der Waals surface area contributed by atoms with E-state index in [-0.39, 0.29) is 30.7 Å². The number of halogens is 2. The molecule has 1 aliphatic carbocycles. The van der Waals surface area contributed by atoms with Gasteiger partial charge in [-0.1, -0.05) is 55.8 Å². The minimum Gasteiger partial charge on any atom is -0.453 e. The molecule has 0 radical (unpaired) electrons. The first-order valence-electron chi connectivity index (χ1n) is 12.8. The maximum absolute atomic E-state index is 15.0. The fraction of sp³-hybridized carbons (Fsp3) is 0.500. The summed E-state index contributed by atoms with van der Waals surface area (Å²) in [6.07, 6.45) is 5.96. The summed E-state index contributed by atoms with van der Waals surface area (Å²) in [5.41, 5.74) is 1.18. The van der Waals surface area contributed by atoms with Gasteiger partial charge in [0.15, 0.2) is 0 Å². The standard InChI is InChI=1S/C28H37ClFN3O4/c1-31-23(15-19-7-4-3-5-8-19)18-33-27(34)21-11-12-25(30)24(17-21)26(20-9-6-10-22(29)16-20)37-14-13-32-28(35)36-2/h6,9-12,16-17,19,23,26,31H,3-5,7-8,13-15,18H2,1-2H3,(H,32,35)(H,33,34)/t23-,26?/m0/s1. The third-order valence-corrected chi connectivity index (χ3v) is 7.03. The number of alkyl carbamates (subject to hydrolysis) is 1. The molecule has 2 amide bonds. The molecule has 1 unspecified atom stereocenters. The topological polar surface area (TPSA) is 88.7 Å². The summed E-state index contributed by atoms with van der Waals surface area (Å²) in [6.45, 7) is 0.747. The number of hydrogen-bond donors (Lipinski definition) is 3. The third-order valence-electron chi connectivity index (χ3n) is 6.79. The largest absolute Gasteiger partial charge is 0.453 e. The molecule has 0 heterocycles. The van der Waals surface area contributed by atoms with Gasteiger partial charge in [0, 0.05) is 35.3 Å². The summed E-state index contributed by atoms with van der Waals surface area (Å²) in [7, 11) is 3.18. The molecule has 0 aromatic heterocycles. The highest BCUT2D eigenvalue weighted by atomic mass is 35.5. The molecule has 1 fully saturated rings. The highest BCUT2D eigenvalue weighted by Crippen LogP contribution is 2.31. The Morgan fingerprint density at radius 1 is 1.11 bits per heavy atom. The summed E-state index contributed by atoms with van der Waals surface area (Å²) in [5, 5.41) is 9.32. The molecular weight excluding hydrogens is 497 g/mol. The molecule has 202 valence electrons. The van der Waals surface area contributed by atoms with Crippen LogP contribution in [0.2, 0.25) is 5.02 Å². The molecule has 2 aromatic carbocycles. The second-order valence-electron chi connectivity index (χ2n) is 9.40. The van der Waals surface area contributed by atoms with Crippen molar-refractivity contribution in [2.24, 2.45) is 5.92 Å². The minimum atomic E-state index is -0.831. The molecule has 0 spiro atoms. The predicted octanol–water partition coefficient (Wildman–Crippen LogP) is 5.23. The van der Waals surface area contributed by atoms with Gasteiger partial charge in [-0.05, 0) is 55.3 Å². The first-order valence-corrected chi connectivity index (χ1v) is 13.2. The van der Waals surface area contributed by atoms with Gasteiger partial charge in [-0.25, -0.2) is 9.18 Å². The molecule has 0 bridgehead atoms. The number of likely N-dealkylation sites (N-methyl/N-ethyl adjacent to an activating group) is 1. The third kappa shape index (κ3) is 8.98. The number of carbonyl (C=O) groups is 2. The normalized spacial score (nSPS) is 15.6. The number of benzene rings is 2. The Morgan fingerprint density at radius 2 is 1.89 bits per heavy atom. The minimum absolute atomic E-state index is 0.0904. The molecule has 1 saturated carbocycles. The summed E-state index contributed by atoms with van der Waals surface area (Å²) in [4.78, 5) is 24.4. The Morgan fingerprint density at radius 3 is 2.59 bits per heavy atom. The zero-order valence-electron chi connectivity index (χ0n) is 21.5. The van der Waals surface area contributed by atoms with Crippen molar-refractivity contribution in [3.05, 3.63) is 70.0 Å². The van der Waals surface area contributed by atoms with E-state index in [0.717, 1.165) is 6.42 Å². The van der Waals surface area contributed by atoms with Crippen LogP contribution >= 0.6 is 11.6 Å². The van der Waals surface area contributed by atoms with Gasteiger partial charge in [-0.2, -0.15) is 0 Å². The molecule has 2 aromatic rings. The molecule has 0 aliphatic heterocycles. The number of methoxy groups -OCH3 is 1. The average Bonchev–Trinajstić information content (AvgIpc) is 2.91. The summed E-state index contributed by atoms with van der Waals surface area (Å²) < 4.78 is 25.6. The molecule has 7 nitrogen and oxygen atoms in total. The van der Waals surface area contributed by atoms with E-state index in [1.54, 1.807) is 24.3 Å². The van der Waals surface area contributed by atoms with Gasteiger partial charge in [0.1, 0.15) is 11.9 Å². The number of ether oxygens (including phenoxy) is 2. The number of carbonyl (C=O) groups excluding carboxylic acids is 2. The lowest BCUT2D eigenvalue weighted by Gasteiger charge is -2.26. The lowest BCUT2D eigenvalue weighted by molar-refractivity contribution is 0.0781. The van der Waals surface area contributed by atoms with E-state index in [0.29, 0.717) is 28.6 Å². The lowest BCUT2D eigenvalue weighted by Crippen LogP contribution is -2.40. The van der Waals surface area contributed by atoms with Crippen LogP contribution in [0, 0.1) is 11.7 Å². The number of hydrogen-bond acceptors (Lipinski definition) is 5. The van der Waals surface area contributed by atoms with Crippen molar-refractivity contribution in [1.82, 2.24) is 16.0 Å². The number of rotatable bonds is 12. The first kappa shape index (κ1) is 28.9. The number of nitrogens with one attached hydrogen (secondary N) is 3. The van der Waals surface area contributed by atoms with E-state index in [1.165, 1.54) is 57.4 Å². The van der Waals surface area contributed by atoms with Crippen molar-refractivity contribution in [1.29, 1.82) is 0 Å². The summed E-state index contributed by atoms with van der Waals surface area (Å²) in [6, 6.07) is 11.4. The first-order chi connectivity index (χ1) is 17.9. The highest BCUT2D eigenvalue weighted by molar-refractivity contribution is 6.30. The molecular formula is C28H37ClFN3O4. The highest BCUT2D eigenvalue weighted by Gasteiger charge is 2.23. The molecule has 0 saturated heterocycles. The maximum atomic E-state index is 15.0. The van der Waals surface area contributed by atoms with Gasteiger partial charge in [-0.15, -0.1) is 0 Å². The Hall–Kier alpha value is -2.68. The van der Waals surface area contributed by atoms with E-state index in [2.05, 4.69) is 20.7 Å². The fourth-order valence-corrected chi connectivity index (χ4v) is 4.97. The lowest BCUT2D eigenvalue weighted by atomic mass is 9.85. The fourth-order valence-electron chi connectivity index (χ4n) is 4.77. The van der Waals surface area contributed by atoms with Crippen molar-refractivity contribution >= 4 is 23.6 Å². The van der Waals surface area contributed by atoms with Gasteiger partial charge in [0.25, 0.3) is 5.91 Å². The van der Waals surface area contributed by atoms with Crippen molar-refractivity contribution in [2.75, 3.05) is 33.9 Å². The van der Waals surface area contributed by atoms with Crippen molar-refractivity contribution < 1.29 is 23.5 Å². The zero-order chi connectivity index (χ0) is 26.6. The Labute approximate surface area is 223 Å². The molecule has 9 heteroatoms. The van der Waals surface area contributed by atoms with Gasteiger partial charge < -0.3 is 25.4 Å². The van der Waals surface area contributed by atoms with Gasteiger partial charge in [0.05, 0.1) is 13.7 Å². The Balaban J connectivity index is 1.72. The second kappa shape index (κ2) is 14.9. The monoisotopic (exact) mass is 533 g/mol. The van der Waals surface area contributed by atoms with E-state index in [1.807, 2.05) is 7.05 Å². The molecule has 2 atom stereocenters. The summed E-state index contributed by atoms with van der Waals surface area (Å²) in [5.74, 6) is -0.0972. The van der Waals surface area contributed by atoms with Crippen LogP contribution in [0.25, 0.3) is 0 Å². The van der Waals surface area contributed by atoms with Gasteiger partial charge >= 0.3 is 6.09 Å². The van der Waals surface area contributed by atoms with E-state index >= 15 is 4.39 Å². The van der Waals surface area contributed by atoms with Crippen LogP contribution in [0.5, 0.6) is 0 Å². The Kier molecular flexibility index (Phi) is 11.6. The van der Waals surface area contributed by atoms with Gasteiger partial charge in [0.2, 0.25) is 0 Å². The van der Waals surface area contributed by atoms with E-state index in [4.69, 9.17) is 16.3 Å². The molecule has 3 rings (SSSR count). The van der Waals surface area contributed by atoms with Gasteiger partial charge in [-0.3, -0.25) is 4.79 Å². The number of amides is 2. The van der Waals surface area contributed by atoms with Crippen molar-refractivity contribution in [2.45, 2.75) is 50.7 Å². The second-order valence-corrected chi connectivity index (χ2v) is 9.83. The van der Waals surface area contributed by atoms with Crippen LogP contribution in [0.15, 0.2) is 42.5 Å². The average molecular weight is 534 g/mol. The molecule has 1 aliphatic rings. The van der Waals surface area contributed by atoms with E-state index < -0.39 is 18.0 Å². The van der Waals surface area contributed by atoms with Crippen LogP contribution in [-0.4, -0.2) is 51.9 Å². The van der Waals surface area contributed by atoms with Crippen LogP contribution in [0.4, 0.5) is 9.18 Å². The SMILES string of the molecule is CN[C@H](CNC(=O)c1ccc(F)c(C(OCCNC(=O)OC)c2cccc(Cl)c2)c1)CC1CCCCC1. The van der Waals surface area contributed by atoms with Crippen molar-refractivity contribution in [3.8, 4) is 0 Å². The van der Waals surface area contributed by atoms with Crippen LogP contribution in [-0.2, 0) is 9.47 Å². The zero-order valence-corrected chi connectivity index (χ0v) is 22.3. The van der Waals surface area contributed by atoms with Crippen LogP contribution < -0.4 is 16.0 Å². The van der Waals surface area contributed by atoms with E-state index in [9.17, 15) is 9.59 Å². The summed E-state index contributed by atoms with van der Waals surface area (Å²) >= 11 is 6.18. The molecule has 37 heavy (non-hydrogen) atoms. The quantitative estimate of drug-likeness (QED) is 0.325.